The van der Waals surface area contributed by atoms with Gasteiger partial charge in [0.15, 0.2) is 6.29 Å². The first-order chi connectivity index (χ1) is 25.5. The number of para-hydroxylation sites is 3. The fourth-order valence-electron chi connectivity index (χ4n) is 7.59. The van der Waals surface area contributed by atoms with E-state index in [1.807, 2.05) is 91.0 Å². The molecule has 2 amide bonds. The van der Waals surface area contributed by atoms with Crippen LogP contribution in [-0.4, -0.2) is 69.7 Å². The number of aliphatic hydroxyl groups excluding tert-OH is 1. The average Bonchev–Trinajstić information content (AvgIpc) is 3.52. The van der Waals surface area contributed by atoms with E-state index in [1.54, 1.807) is 0 Å². The molecule has 5 aromatic rings. The van der Waals surface area contributed by atoms with Crippen molar-refractivity contribution in [1.29, 1.82) is 0 Å². The molecular weight excluding hydrogens is 656 g/mol. The van der Waals surface area contributed by atoms with Crippen molar-refractivity contribution < 1.29 is 24.2 Å². The molecular formula is C41H42N6O5. The van der Waals surface area contributed by atoms with Gasteiger partial charge in [-0.25, -0.2) is 4.98 Å². The third-order valence-electron chi connectivity index (χ3n) is 10.6. The Hall–Kier alpha value is -5.20. The number of carbonyl (C=O) groups is 2. The highest BCUT2D eigenvalue weighted by Crippen LogP contribution is 2.40. The Bertz CT molecular complexity index is 2020. The summed E-state index contributed by atoms with van der Waals surface area (Å²) in [6, 6.07) is 33.4. The molecule has 3 unspecified atom stereocenters. The van der Waals surface area contributed by atoms with E-state index in [1.165, 1.54) is 6.20 Å². The van der Waals surface area contributed by atoms with Gasteiger partial charge in [0.2, 0.25) is 5.91 Å². The number of piperidine rings is 1. The number of likely N-dealkylation sites (tertiary alicyclic amines) is 1. The van der Waals surface area contributed by atoms with Gasteiger partial charge in [-0.05, 0) is 53.8 Å². The topological polar surface area (TPSA) is 129 Å². The maximum Gasteiger partial charge on any atom is 0.271 e. The van der Waals surface area contributed by atoms with E-state index in [4.69, 9.17) is 9.47 Å². The van der Waals surface area contributed by atoms with Crippen LogP contribution in [0.25, 0.3) is 11.0 Å². The predicted octanol–water partition coefficient (Wildman–Crippen LogP) is 5.03. The molecule has 0 bridgehead atoms. The fraction of sp³-hybridized carbons (Fsp3) is 0.317. The number of ether oxygens (including phenoxy) is 2. The summed E-state index contributed by atoms with van der Waals surface area (Å²) >= 11 is 0. The summed E-state index contributed by atoms with van der Waals surface area (Å²) < 4.78 is 13.2. The van der Waals surface area contributed by atoms with Crippen molar-refractivity contribution in [2.45, 2.75) is 56.5 Å². The van der Waals surface area contributed by atoms with Crippen molar-refractivity contribution in [2.75, 3.05) is 31.2 Å². The maximum absolute atomic E-state index is 13.2. The van der Waals surface area contributed by atoms with E-state index in [0.717, 1.165) is 65.9 Å². The number of aromatic nitrogens is 2. The average molecular weight is 699 g/mol. The summed E-state index contributed by atoms with van der Waals surface area (Å²) in [5.41, 5.74) is 5.90. The molecule has 4 heterocycles. The van der Waals surface area contributed by atoms with E-state index >= 15 is 0 Å². The largest absolute Gasteiger partial charge is 0.392 e. The van der Waals surface area contributed by atoms with E-state index in [0.29, 0.717) is 25.2 Å². The molecule has 1 spiro atoms. The Morgan fingerprint density at radius 2 is 1.56 bits per heavy atom. The molecule has 4 aromatic carbocycles. The van der Waals surface area contributed by atoms with Gasteiger partial charge in [0, 0.05) is 43.9 Å². The molecule has 1 aromatic heterocycles. The third-order valence-corrected chi connectivity index (χ3v) is 10.6. The van der Waals surface area contributed by atoms with Crippen LogP contribution in [0.4, 0.5) is 5.69 Å². The fourth-order valence-corrected chi connectivity index (χ4v) is 7.59. The molecule has 3 atom stereocenters. The number of hydrogen-bond donors (Lipinski definition) is 3. The number of nitrogens with zero attached hydrogens (tertiary/aromatic N) is 4. The number of benzene rings is 4. The summed E-state index contributed by atoms with van der Waals surface area (Å²) in [4.78, 5) is 39.5. The molecule has 3 saturated heterocycles. The number of hydrogen-bond acceptors (Lipinski definition) is 9. The van der Waals surface area contributed by atoms with Crippen LogP contribution in [0, 0.1) is 0 Å². The Kier molecular flexibility index (Phi) is 9.66. The van der Waals surface area contributed by atoms with Crippen molar-refractivity contribution in [3.8, 4) is 0 Å². The summed E-state index contributed by atoms with van der Waals surface area (Å²) in [5.74, 6) is -0.181. The minimum Gasteiger partial charge on any atom is -0.392 e. The Morgan fingerprint density at radius 3 is 2.31 bits per heavy atom. The van der Waals surface area contributed by atoms with Gasteiger partial charge in [0.1, 0.15) is 11.2 Å². The smallest absolute Gasteiger partial charge is 0.271 e. The molecule has 3 aliphatic rings. The monoisotopic (exact) mass is 698 g/mol. The Morgan fingerprint density at radius 1 is 0.865 bits per heavy atom. The normalized spacial score (nSPS) is 21.7. The van der Waals surface area contributed by atoms with Gasteiger partial charge in [-0.2, -0.15) is 0 Å². The Labute approximate surface area is 302 Å². The third kappa shape index (κ3) is 7.00. The van der Waals surface area contributed by atoms with Crippen molar-refractivity contribution in [1.82, 2.24) is 25.5 Å². The van der Waals surface area contributed by atoms with E-state index < -0.39 is 11.8 Å². The highest BCUT2D eigenvalue weighted by molar-refractivity contribution is 5.94. The summed E-state index contributed by atoms with van der Waals surface area (Å²) in [6.45, 7) is 3.12. The number of rotatable bonds is 9. The van der Waals surface area contributed by atoms with Gasteiger partial charge >= 0.3 is 0 Å². The lowest BCUT2D eigenvalue weighted by Crippen LogP contribution is -2.57. The number of amides is 2. The molecule has 266 valence electrons. The first-order valence-corrected chi connectivity index (χ1v) is 17.9. The van der Waals surface area contributed by atoms with Crippen LogP contribution in [-0.2, 0) is 27.4 Å². The predicted molar refractivity (Wildman–Crippen MR) is 196 cm³/mol. The number of aliphatic hydroxyl groups is 1. The van der Waals surface area contributed by atoms with Crippen LogP contribution in [0.15, 0.2) is 109 Å². The zero-order valence-corrected chi connectivity index (χ0v) is 28.9. The van der Waals surface area contributed by atoms with Crippen LogP contribution in [0.5, 0.6) is 0 Å². The molecule has 52 heavy (non-hydrogen) atoms. The van der Waals surface area contributed by atoms with Crippen molar-refractivity contribution in [3.63, 3.8) is 0 Å². The second kappa shape index (κ2) is 14.8. The molecule has 0 saturated carbocycles. The number of anilines is 1. The lowest BCUT2D eigenvalue weighted by Gasteiger charge is -2.45. The zero-order valence-electron chi connectivity index (χ0n) is 28.9. The second-order valence-corrected chi connectivity index (χ2v) is 13.8. The molecule has 3 N–H and O–H groups in total. The molecule has 3 fully saturated rings. The quantitative estimate of drug-likeness (QED) is 0.194. The molecule has 8 rings (SSSR count). The molecule has 0 aliphatic carbocycles. The summed E-state index contributed by atoms with van der Waals surface area (Å²) in [7, 11) is 0. The first-order valence-electron chi connectivity index (χ1n) is 17.9. The number of nitrogens with one attached hydrogen (secondary N) is 2. The van der Waals surface area contributed by atoms with Gasteiger partial charge in [0.25, 0.3) is 5.91 Å². The van der Waals surface area contributed by atoms with Gasteiger partial charge in [-0.15, -0.1) is 0 Å². The van der Waals surface area contributed by atoms with Crippen LogP contribution < -0.4 is 15.5 Å². The number of carbonyl (C=O) groups excluding carboxylic acids is 2. The van der Waals surface area contributed by atoms with Crippen LogP contribution in [0.2, 0.25) is 0 Å². The standard InChI is InChI=1S/C41H42N6O5/c48-26-29-12-14-30(15-13-29)37-22-33(25-46-20-18-41(19-21-46)40(50)44-27-47(41)32-6-2-1-3-7-32)51-39(52-37)31-16-10-28(11-17-31)23-43-38(49)36-24-42-34-8-4-5-9-35(34)45-36/h1-17,24,33,37,39,48H,18-23,25-27H2,(H,43,49)(H,44,50). The molecule has 11 nitrogen and oxygen atoms in total. The SMILES string of the molecule is O=C(NCc1ccc(C2OC(CN3CCC4(CC3)C(=O)NCN4c3ccccc3)CC(c3ccc(CO)cc3)O2)cc1)c1cnc2ccccc2n1. The van der Waals surface area contributed by atoms with Crippen LogP contribution >= 0.6 is 0 Å². The van der Waals surface area contributed by atoms with Gasteiger partial charge in [-0.3, -0.25) is 14.6 Å². The lowest BCUT2D eigenvalue weighted by atomic mass is 9.85. The van der Waals surface area contributed by atoms with Crippen molar-refractivity contribution >= 4 is 28.5 Å². The molecule has 0 radical (unpaired) electrons. The van der Waals surface area contributed by atoms with Gasteiger partial charge < -0.3 is 35.0 Å². The van der Waals surface area contributed by atoms with E-state index in [9.17, 15) is 14.7 Å². The highest BCUT2D eigenvalue weighted by atomic mass is 16.7. The lowest BCUT2D eigenvalue weighted by molar-refractivity contribution is -0.253. The molecule has 3 aliphatic heterocycles. The molecule has 11 heteroatoms. The van der Waals surface area contributed by atoms with Gasteiger partial charge in [0.05, 0.1) is 42.7 Å². The summed E-state index contributed by atoms with van der Waals surface area (Å²) in [6.07, 6.45) is 2.73. The maximum atomic E-state index is 13.2. The number of fused-ring (bicyclic) bond motifs is 1. The minimum absolute atomic E-state index is 0.0151. The zero-order chi connectivity index (χ0) is 35.5. The van der Waals surface area contributed by atoms with Crippen molar-refractivity contribution in [2.24, 2.45) is 0 Å². The minimum atomic E-state index is -0.594. The first kappa shape index (κ1) is 33.9. The van der Waals surface area contributed by atoms with Crippen LogP contribution in [0.3, 0.4) is 0 Å². The van der Waals surface area contributed by atoms with Crippen LogP contribution in [0.1, 0.15) is 64.4 Å². The van der Waals surface area contributed by atoms with E-state index in [-0.39, 0.29) is 36.3 Å². The van der Waals surface area contributed by atoms with Crippen molar-refractivity contribution in [3.05, 3.63) is 137 Å². The van der Waals surface area contributed by atoms with E-state index in [2.05, 4.69) is 42.5 Å². The summed E-state index contributed by atoms with van der Waals surface area (Å²) in [5, 5.41) is 15.6. The Balaban J connectivity index is 0.937. The second-order valence-electron chi connectivity index (χ2n) is 13.8. The highest BCUT2D eigenvalue weighted by Gasteiger charge is 2.50. The van der Waals surface area contributed by atoms with Gasteiger partial charge in [-0.1, -0.05) is 78.9 Å².